The standard InChI is InChI=1S/C20H19F5N2O2.Ni/c1-6-13-10(3)26-18(27-13)17-14(9(2)19(4,29-17)20(23,24)25)11-7-8-12(21)15(22)16(11)28-5;/h3,6-9,14,17H,1H2,2,4-5H3,(H,26,27);/t9-,14-,17+,19+;/m0./s1. The summed E-state index contributed by atoms with van der Waals surface area (Å²) in [4.78, 5) is 8.43. The molecule has 166 valence electrons. The molecule has 10 heteroatoms. The van der Waals surface area contributed by atoms with E-state index in [-0.39, 0.29) is 11.4 Å². The van der Waals surface area contributed by atoms with Gasteiger partial charge in [0.1, 0.15) is 0 Å². The van der Waals surface area contributed by atoms with E-state index in [4.69, 9.17) is 9.47 Å². The van der Waals surface area contributed by atoms with Gasteiger partial charge < -0.3 is 0 Å². The third-order valence-electron chi connectivity index (χ3n) is 5.65. The Balaban J connectivity index is 2.24. The Labute approximate surface area is 177 Å². The van der Waals surface area contributed by atoms with Gasteiger partial charge in [-0.1, -0.05) is 0 Å². The maximum absolute atomic E-state index is 14.4. The first-order valence-electron chi connectivity index (χ1n) is 8.88. The predicted octanol–water partition coefficient (Wildman–Crippen LogP) is 4.85. The molecule has 0 unspecified atom stereocenters. The van der Waals surface area contributed by atoms with E-state index in [0.29, 0.717) is 11.4 Å². The van der Waals surface area contributed by atoms with E-state index in [1.807, 2.05) is 0 Å². The Morgan fingerprint density at radius 1 is 1.33 bits per heavy atom. The van der Waals surface area contributed by atoms with E-state index in [0.717, 1.165) is 20.1 Å². The summed E-state index contributed by atoms with van der Waals surface area (Å²) >= 11 is 4.58. The summed E-state index contributed by atoms with van der Waals surface area (Å²) in [6.07, 6.45) is -4.55. The van der Waals surface area contributed by atoms with Gasteiger partial charge in [-0.3, -0.25) is 0 Å². The van der Waals surface area contributed by atoms with Crippen molar-refractivity contribution < 1.29 is 46.5 Å². The third-order valence-corrected chi connectivity index (χ3v) is 5.92. The maximum atomic E-state index is 14.4. The van der Waals surface area contributed by atoms with Crippen LogP contribution in [-0.4, -0.2) is 33.8 Å². The van der Waals surface area contributed by atoms with E-state index in [9.17, 15) is 22.0 Å². The molecule has 0 radical (unpaired) electrons. The van der Waals surface area contributed by atoms with Crippen LogP contribution in [0.15, 0.2) is 18.7 Å². The van der Waals surface area contributed by atoms with Gasteiger partial charge in [-0.05, 0) is 0 Å². The number of H-pyrrole nitrogens is 1. The fraction of sp³-hybridized carbons (Fsp3) is 0.400. The Hall–Kier alpha value is -2.06. The summed E-state index contributed by atoms with van der Waals surface area (Å²) < 4.78 is 80.5. The zero-order valence-electron chi connectivity index (χ0n) is 16.2. The number of nitrogens with one attached hydrogen (secondary N) is 1. The molecule has 0 spiro atoms. The first kappa shape index (κ1) is 22.6. The molecule has 30 heavy (non-hydrogen) atoms. The van der Waals surface area contributed by atoms with Crippen LogP contribution in [0.3, 0.4) is 0 Å². The normalized spacial score (nSPS) is 26.7. The molecule has 1 N–H and O–H groups in total. The van der Waals surface area contributed by atoms with Crippen molar-refractivity contribution in [2.75, 3.05) is 7.11 Å². The fourth-order valence-corrected chi connectivity index (χ4v) is 4.05. The number of hydrogen-bond acceptors (Lipinski definition) is 3. The number of benzene rings is 1. The molecule has 1 aliphatic heterocycles. The summed E-state index contributed by atoms with van der Waals surface area (Å²) in [6.45, 7) is 5.90. The Morgan fingerprint density at radius 3 is 2.50 bits per heavy atom. The molecule has 1 saturated heterocycles. The zero-order chi connectivity index (χ0) is 22.4. The molecule has 1 fully saturated rings. The van der Waals surface area contributed by atoms with Crippen molar-refractivity contribution in [3.8, 4) is 5.75 Å². The van der Waals surface area contributed by atoms with E-state index in [1.54, 1.807) is 0 Å². The molecule has 3 rings (SSSR count). The number of halogens is 5. The molecular formula is C20H19F5N2NiO2. The van der Waals surface area contributed by atoms with Gasteiger partial charge in [0, 0.05) is 0 Å². The fourth-order valence-electron chi connectivity index (χ4n) is 3.83. The van der Waals surface area contributed by atoms with Gasteiger partial charge in [0.05, 0.1) is 0 Å². The zero-order valence-corrected chi connectivity index (χ0v) is 17.2. The molecule has 1 aliphatic rings. The molecule has 2 aromatic rings. The molecule has 0 aliphatic carbocycles. The van der Waals surface area contributed by atoms with Gasteiger partial charge in [0.2, 0.25) is 0 Å². The number of nitrogens with zero attached hydrogens (tertiary/aromatic N) is 1. The van der Waals surface area contributed by atoms with Crippen LogP contribution < -0.4 is 4.74 Å². The number of methoxy groups -OCH3 is 1. The molecule has 0 bridgehead atoms. The predicted molar refractivity (Wildman–Crippen MR) is 96.9 cm³/mol. The Bertz CT molecular complexity index is 965. The van der Waals surface area contributed by atoms with Crippen LogP contribution >= 0.6 is 0 Å². The van der Waals surface area contributed by atoms with Crippen LogP contribution in [0, 0.1) is 17.6 Å². The molecule has 1 aromatic heterocycles. The van der Waals surface area contributed by atoms with E-state index >= 15 is 0 Å². The Morgan fingerprint density at radius 2 is 2.00 bits per heavy atom. The average Bonchev–Trinajstić information content (AvgIpc) is 3.23. The molecule has 2 heterocycles. The van der Waals surface area contributed by atoms with E-state index in [2.05, 4.69) is 31.6 Å². The van der Waals surface area contributed by atoms with Gasteiger partial charge in [0.25, 0.3) is 0 Å². The number of aromatic amines is 1. The van der Waals surface area contributed by atoms with Gasteiger partial charge in [-0.2, -0.15) is 0 Å². The van der Waals surface area contributed by atoms with Gasteiger partial charge >= 0.3 is 177 Å². The van der Waals surface area contributed by atoms with Crippen molar-refractivity contribution in [3.05, 3.63) is 53.1 Å². The quantitative estimate of drug-likeness (QED) is 0.500. The molecule has 1 aromatic carbocycles. The summed E-state index contributed by atoms with van der Waals surface area (Å²) in [5.41, 5.74) is -1.78. The second-order valence-electron chi connectivity index (χ2n) is 7.16. The van der Waals surface area contributed by atoms with Crippen molar-refractivity contribution in [2.45, 2.75) is 37.6 Å². The third kappa shape index (κ3) is 3.40. The van der Waals surface area contributed by atoms with E-state index in [1.165, 1.54) is 24.1 Å². The van der Waals surface area contributed by atoms with Crippen LogP contribution in [0.1, 0.15) is 48.6 Å². The molecular weight excluding hydrogens is 454 g/mol. The number of alkyl halides is 3. The number of aromatic nitrogens is 2. The number of imidazole rings is 1. The van der Waals surface area contributed by atoms with Crippen LogP contribution in [0.25, 0.3) is 6.08 Å². The topological polar surface area (TPSA) is 47.1 Å². The van der Waals surface area contributed by atoms with Crippen LogP contribution in [0.2, 0.25) is 0 Å². The van der Waals surface area contributed by atoms with Crippen molar-refractivity contribution in [2.24, 2.45) is 5.92 Å². The molecule has 4 atom stereocenters. The minimum absolute atomic E-state index is 0.0464. The van der Waals surface area contributed by atoms with Crippen molar-refractivity contribution in [1.29, 1.82) is 0 Å². The second kappa shape index (κ2) is 7.89. The first-order valence-corrected chi connectivity index (χ1v) is 9.45. The minimum atomic E-state index is -4.73. The van der Waals surface area contributed by atoms with Gasteiger partial charge in [-0.15, -0.1) is 0 Å². The van der Waals surface area contributed by atoms with Crippen molar-refractivity contribution in [1.82, 2.24) is 9.97 Å². The van der Waals surface area contributed by atoms with Crippen LogP contribution in [0.5, 0.6) is 5.75 Å². The van der Waals surface area contributed by atoms with Crippen molar-refractivity contribution >= 4 is 11.1 Å². The average molecular weight is 473 g/mol. The van der Waals surface area contributed by atoms with E-state index < -0.39 is 47.1 Å². The summed E-state index contributed by atoms with van der Waals surface area (Å²) in [6, 6.07) is 2.05. The van der Waals surface area contributed by atoms with Gasteiger partial charge in [0.15, 0.2) is 0 Å². The molecule has 0 saturated carbocycles. The SMILES string of the molecule is C=Cc1[nH]c([C@@H]2O[C@@](C)(C(F)(F)F)[C@@H](C)[C@H]2c2ccc(F)c(F)c2OC)nc1[CH]=[Ni]. The number of hydrogen-bond donors (Lipinski definition) is 1. The first-order chi connectivity index (χ1) is 14.0. The number of rotatable bonds is 5. The Kier molecular flexibility index (Phi) is 5.95. The van der Waals surface area contributed by atoms with Crippen LogP contribution in [-0.2, 0) is 19.8 Å². The number of ether oxygens (including phenoxy) is 2. The van der Waals surface area contributed by atoms with Gasteiger partial charge in [-0.25, -0.2) is 0 Å². The molecule has 0 amide bonds. The summed E-state index contributed by atoms with van der Waals surface area (Å²) in [7, 11) is 1.12. The monoisotopic (exact) mass is 472 g/mol. The van der Waals surface area contributed by atoms with Crippen LogP contribution in [0.4, 0.5) is 22.0 Å². The summed E-state index contributed by atoms with van der Waals surface area (Å²) in [5.74, 6) is -5.09. The second-order valence-corrected chi connectivity index (χ2v) is 7.44. The summed E-state index contributed by atoms with van der Waals surface area (Å²) in [5, 5.41) is 0. The molecule has 4 nitrogen and oxygen atoms in total. The van der Waals surface area contributed by atoms with Crippen molar-refractivity contribution in [3.63, 3.8) is 0 Å².